The molecule has 92 valence electrons. The van der Waals surface area contributed by atoms with Crippen LogP contribution < -0.4 is 5.32 Å². The van der Waals surface area contributed by atoms with Gasteiger partial charge in [0.1, 0.15) is 0 Å². The van der Waals surface area contributed by atoms with Gasteiger partial charge < -0.3 is 10.1 Å². The molecule has 1 atom stereocenters. The summed E-state index contributed by atoms with van der Waals surface area (Å²) >= 11 is 6.03. The van der Waals surface area contributed by atoms with Gasteiger partial charge in [0, 0.05) is 13.2 Å². The van der Waals surface area contributed by atoms with Crippen LogP contribution in [0.15, 0.2) is 18.2 Å². The highest BCUT2D eigenvalue weighted by Gasteiger charge is 2.17. The Hall–Kier alpha value is -1.06. The maximum Gasteiger partial charge on any atom is 0.252 e. The van der Waals surface area contributed by atoms with Crippen LogP contribution in [0.5, 0.6) is 0 Å². The van der Waals surface area contributed by atoms with E-state index in [1.807, 2.05) is 13.0 Å². The Morgan fingerprint density at radius 3 is 3.06 bits per heavy atom. The molecule has 1 saturated heterocycles. The minimum Gasteiger partial charge on any atom is -0.376 e. The Morgan fingerprint density at radius 2 is 2.41 bits per heavy atom. The van der Waals surface area contributed by atoms with E-state index >= 15 is 0 Å². The van der Waals surface area contributed by atoms with Gasteiger partial charge in [-0.15, -0.1) is 0 Å². The fourth-order valence-corrected chi connectivity index (χ4v) is 2.23. The van der Waals surface area contributed by atoms with Crippen LogP contribution >= 0.6 is 11.6 Å². The van der Waals surface area contributed by atoms with E-state index in [-0.39, 0.29) is 12.0 Å². The molecular weight excluding hydrogens is 238 g/mol. The maximum absolute atomic E-state index is 11.9. The van der Waals surface area contributed by atoms with Gasteiger partial charge in [-0.2, -0.15) is 0 Å². The highest BCUT2D eigenvalue weighted by molar-refractivity contribution is 6.33. The molecule has 0 saturated carbocycles. The van der Waals surface area contributed by atoms with Gasteiger partial charge in [0.25, 0.3) is 5.91 Å². The highest BCUT2D eigenvalue weighted by atomic mass is 35.5. The first kappa shape index (κ1) is 12.4. The summed E-state index contributed by atoms with van der Waals surface area (Å²) in [5.41, 5.74) is 1.57. The number of carbonyl (C=O) groups is 1. The number of nitrogens with one attached hydrogen (secondary N) is 1. The minimum absolute atomic E-state index is 0.134. The molecule has 0 aromatic heterocycles. The molecule has 17 heavy (non-hydrogen) atoms. The van der Waals surface area contributed by atoms with Gasteiger partial charge in [-0.1, -0.05) is 17.7 Å². The molecular formula is C13H16ClNO2. The van der Waals surface area contributed by atoms with E-state index in [4.69, 9.17) is 16.3 Å². The van der Waals surface area contributed by atoms with E-state index in [1.165, 1.54) is 0 Å². The normalized spacial score (nSPS) is 19.3. The van der Waals surface area contributed by atoms with E-state index in [0.717, 1.165) is 25.0 Å². The van der Waals surface area contributed by atoms with E-state index < -0.39 is 0 Å². The zero-order chi connectivity index (χ0) is 12.3. The molecule has 1 aliphatic heterocycles. The number of hydrogen-bond acceptors (Lipinski definition) is 2. The van der Waals surface area contributed by atoms with E-state index in [1.54, 1.807) is 12.1 Å². The number of rotatable bonds is 3. The quantitative estimate of drug-likeness (QED) is 0.899. The van der Waals surface area contributed by atoms with Crippen molar-refractivity contribution in [2.75, 3.05) is 13.2 Å². The maximum atomic E-state index is 11.9. The van der Waals surface area contributed by atoms with E-state index in [9.17, 15) is 4.79 Å². The summed E-state index contributed by atoms with van der Waals surface area (Å²) in [4.78, 5) is 11.9. The van der Waals surface area contributed by atoms with Gasteiger partial charge in [-0.25, -0.2) is 0 Å². The van der Waals surface area contributed by atoms with Crippen molar-refractivity contribution in [2.24, 2.45) is 0 Å². The van der Waals surface area contributed by atoms with Gasteiger partial charge in [0.2, 0.25) is 0 Å². The van der Waals surface area contributed by atoms with Gasteiger partial charge in [0.05, 0.1) is 16.7 Å². The average Bonchev–Trinajstić information content (AvgIpc) is 2.78. The fourth-order valence-electron chi connectivity index (χ4n) is 1.91. The van der Waals surface area contributed by atoms with Crippen LogP contribution in [0.3, 0.4) is 0 Å². The molecule has 0 unspecified atom stereocenters. The zero-order valence-electron chi connectivity index (χ0n) is 9.83. The summed E-state index contributed by atoms with van der Waals surface area (Å²) < 4.78 is 5.44. The van der Waals surface area contributed by atoms with Crippen molar-refractivity contribution in [3.63, 3.8) is 0 Å². The molecule has 3 nitrogen and oxygen atoms in total. The molecule has 1 aromatic carbocycles. The SMILES string of the molecule is Cc1ccc(C(=O)NC[C@H]2CCCO2)c(Cl)c1. The standard InChI is InChI=1S/C13H16ClNO2/c1-9-4-5-11(12(14)7-9)13(16)15-8-10-3-2-6-17-10/h4-5,7,10H,2-3,6,8H2,1H3,(H,15,16)/t10-/m1/s1. The third-order valence-electron chi connectivity index (χ3n) is 2.88. The molecule has 0 bridgehead atoms. The molecule has 4 heteroatoms. The lowest BCUT2D eigenvalue weighted by Gasteiger charge is -2.11. The Balaban J connectivity index is 1.94. The van der Waals surface area contributed by atoms with Crippen molar-refractivity contribution in [1.29, 1.82) is 0 Å². The number of amides is 1. The minimum atomic E-state index is -0.134. The van der Waals surface area contributed by atoms with Crippen molar-refractivity contribution in [2.45, 2.75) is 25.9 Å². The van der Waals surface area contributed by atoms with Gasteiger partial charge in [0.15, 0.2) is 0 Å². The Labute approximate surface area is 106 Å². The number of hydrogen-bond donors (Lipinski definition) is 1. The second kappa shape index (κ2) is 5.52. The fraction of sp³-hybridized carbons (Fsp3) is 0.462. The smallest absolute Gasteiger partial charge is 0.252 e. The second-order valence-corrected chi connectivity index (χ2v) is 4.74. The predicted molar refractivity (Wildman–Crippen MR) is 67.5 cm³/mol. The Kier molecular flexibility index (Phi) is 4.02. The van der Waals surface area contributed by atoms with Crippen LogP contribution in [-0.4, -0.2) is 25.2 Å². The lowest BCUT2D eigenvalue weighted by molar-refractivity contribution is 0.0858. The summed E-state index contributed by atoms with van der Waals surface area (Å²) in [6.45, 7) is 3.30. The van der Waals surface area contributed by atoms with Gasteiger partial charge in [-0.05, 0) is 37.5 Å². The predicted octanol–water partition coefficient (Wildman–Crippen LogP) is 2.56. The van der Waals surface area contributed by atoms with Crippen LogP contribution in [0.4, 0.5) is 0 Å². The van der Waals surface area contributed by atoms with Gasteiger partial charge in [-0.3, -0.25) is 4.79 Å². The third kappa shape index (κ3) is 3.20. The zero-order valence-corrected chi connectivity index (χ0v) is 10.6. The topological polar surface area (TPSA) is 38.3 Å². The van der Waals surface area contributed by atoms with Crippen LogP contribution in [0.1, 0.15) is 28.8 Å². The first-order valence-electron chi connectivity index (χ1n) is 5.83. The molecule has 0 radical (unpaired) electrons. The first-order chi connectivity index (χ1) is 8.16. The number of halogens is 1. The lowest BCUT2D eigenvalue weighted by Crippen LogP contribution is -2.31. The average molecular weight is 254 g/mol. The van der Waals surface area contributed by atoms with Crippen LogP contribution in [-0.2, 0) is 4.74 Å². The number of ether oxygens (including phenoxy) is 1. The number of benzene rings is 1. The van der Waals surface area contributed by atoms with E-state index in [0.29, 0.717) is 17.1 Å². The summed E-state index contributed by atoms with van der Waals surface area (Å²) in [7, 11) is 0. The lowest BCUT2D eigenvalue weighted by atomic mass is 10.1. The molecule has 0 aliphatic carbocycles. The Morgan fingerprint density at radius 1 is 1.59 bits per heavy atom. The van der Waals surface area contributed by atoms with Crippen molar-refractivity contribution in [1.82, 2.24) is 5.32 Å². The van der Waals surface area contributed by atoms with Gasteiger partial charge >= 0.3 is 0 Å². The van der Waals surface area contributed by atoms with Crippen LogP contribution in [0, 0.1) is 6.92 Å². The Bertz CT molecular complexity index is 414. The molecule has 1 aliphatic rings. The molecule has 2 rings (SSSR count). The monoisotopic (exact) mass is 253 g/mol. The molecule has 0 spiro atoms. The summed E-state index contributed by atoms with van der Waals surface area (Å²) in [6.07, 6.45) is 2.25. The van der Waals surface area contributed by atoms with Crippen molar-refractivity contribution in [3.8, 4) is 0 Å². The third-order valence-corrected chi connectivity index (χ3v) is 3.20. The largest absolute Gasteiger partial charge is 0.376 e. The van der Waals surface area contributed by atoms with Crippen LogP contribution in [0.2, 0.25) is 5.02 Å². The molecule has 1 amide bonds. The number of carbonyl (C=O) groups excluding carboxylic acids is 1. The van der Waals surface area contributed by atoms with Crippen molar-refractivity contribution < 1.29 is 9.53 Å². The second-order valence-electron chi connectivity index (χ2n) is 4.33. The number of aryl methyl sites for hydroxylation is 1. The molecule has 1 aromatic rings. The highest BCUT2D eigenvalue weighted by Crippen LogP contribution is 2.17. The van der Waals surface area contributed by atoms with E-state index in [2.05, 4.69) is 5.32 Å². The summed E-state index contributed by atoms with van der Waals surface area (Å²) in [5.74, 6) is -0.134. The first-order valence-corrected chi connectivity index (χ1v) is 6.20. The summed E-state index contributed by atoms with van der Waals surface area (Å²) in [6, 6.07) is 5.43. The van der Waals surface area contributed by atoms with Crippen LogP contribution in [0.25, 0.3) is 0 Å². The summed E-state index contributed by atoms with van der Waals surface area (Å²) in [5, 5.41) is 3.35. The molecule has 1 heterocycles. The molecule has 1 fully saturated rings. The van der Waals surface area contributed by atoms with Crippen molar-refractivity contribution >= 4 is 17.5 Å². The van der Waals surface area contributed by atoms with Crippen molar-refractivity contribution in [3.05, 3.63) is 34.3 Å². The molecule has 1 N–H and O–H groups in total.